The Balaban J connectivity index is 2.01. The molecule has 0 aliphatic carbocycles. The minimum Gasteiger partial charge on any atom is -0.363 e. The predicted molar refractivity (Wildman–Crippen MR) is 77.9 cm³/mol. The zero-order valence-electron chi connectivity index (χ0n) is 10.4. The number of carbonyl (C=O) groups excluding carboxylic acids is 1. The molecule has 18 heavy (non-hydrogen) atoms. The lowest BCUT2D eigenvalue weighted by Crippen LogP contribution is -2.28. The van der Waals surface area contributed by atoms with Gasteiger partial charge in [-0.2, -0.15) is 0 Å². The number of carbonyl (C=O) groups is 1. The van der Waals surface area contributed by atoms with Gasteiger partial charge in [0.05, 0.1) is 0 Å². The smallest absolute Gasteiger partial charge is 0.227 e. The van der Waals surface area contributed by atoms with Crippen molar-refractivity contribution in [1.82, 2.24) is 5.32 Å². The van der Waals surface area contributed by atoms with Gasteiger partial charge >= 0.3 is 0 Å². The van der Waals surface area contributed by atoms with Crippen LogP contribution in [0.25, 0.3) is 0 Å². The van der Waals surface area contributed by atoms with Gasteiger partial charge in [-0.25, -0.2) is 0 Å². The van der Waals surface area contributed by atoms with Gasteiger partial charge in [0.1, 0.15) is 0 Å². The van der Waals surface area contributed by atoms with E-state index in [2.05, 4.69) is 10.6 Å². The highest BCUT2D eigenvalue weighted by Gasteiger charge is 2.21. The van der Waals surface area contributed by atoms with E-state index in [1.807, 2.05) is 36.1 Å². The van der Waals surface area contributed by atoms with Crippen molar-refractivity contribution in [2.75, 3.05) is 23.3 Å². The van der Waals surface area contributed by atoms with Gasteiger partial charge in [0.15, 0.2) is 5.11 Å². The standard InChI is InChI=1S/C13H17N3OS/c1-2-14-13(18)15-10-5-7-11(8-6-10)16-9-3-4-12(16)17/h5-8H,2-4,9H2,1H3,(H2,14,15,18). The van der Waals surface area contributed by atoms with E-state index in [1.165, 1.54) is 0 Å². The highest BCUT2D eigenvalue weighted by atomic mass is 32.1. The molecule has 96 valence electrons. The van der Waals surface area contributed by atoms with Crippen LogP contribution >= 0.6 is 12.2 Å². The third kappa shape index (κ3) is 2.98. The maximum atomic E-state index is 11.6. The van der Waals surface area contributed by atoms with Gasteiger partial charge in [0, 0.05) is 30.9 Å². The maximum Gasteiger partial charge on any atom is 0.227 e. The fraction of sp³-hybridized carbons (Fsp3) is 0.385. The van der Waals surface area contributed by atoms with Gasteiger partial charge < -0.3 is 15.5 Å². The molecule has 0 radical (unpaired) electrons. The summed E-state index contributed by atoms with van der Waals surface area (Å²) in [7, 11) is 0. The second kappa shape index (κ2) is 5.82. The average molecular weight is 263 g/mol. The minimum absolute atomic E-state index is 0.207. The number of anilines is 2. The van der Waals surface area contributed by atoms with Gasteiger partial charge in [0.2, 0.25) is 5.91 Å². The van der Waals surface area contributed by atoms with Crippen LogP contribution in [0.1, 0.15) is 19.8 Å². The van der Waals surface area contributed by atoms with E-state index < -0.39 is 0 Å². The molecule has 0 atom stereocenters. The van der Waals surface area contributed by atoms with Crippen molar-refractivity contribution >= 4 is 34.6 Å². The number of rotatable bonds is 3. The second-order valence-corrected chi connectivity index (χ2v) is 4.59. The van der Waals surface area contributed by atoms with E-state index in [4.69, 9.17) is 12.2 Å². The van der Waals surface area contributed by atoms with Crippen LogP contribution in [0.5, 0.6) is 0 Å². The second-order valence-electron chi connectivity index (χ2n) is 4.18. The highest BCUT2D eigenvalue weighted by Crippen LogP contribution is 2.22. The lowest BCUT2D eigenvalue weighted by Gasteiger charge is -2.16. The molecular weight excluding hydrogens is 246 g/mol. The fourth-order valence-electron chi connectivity index (χ4n) is 1.98. The molecule has 0 bridgehead atoms. The van der Waals surface area contributed by atoms with Gasteiger partial charge in [0.25, 0.3) is 0 Å². The van der Waals surface area contributed by atoms with Crippen molar-refractivity contribution in [2.45, 2.75) is 19.8 Å². The van der Waals surface area contributed by atoms with Crippen molar-refractivity contribution < 1.29 is 4.79 Å². The molecule has 1 aliphatic rings. The van der Waals surface area contributed by atoms with Crippen LogP contribution in [-0.4, -0.2) is 24.1 Å². The van der Waals surface area contributed by atoms with E-state index in [9.17, 15) is 4.79 Å². The number of thiocarbonyl (C=S) groups is 1. The number of amides is 1. The molecule has 2 rings (SSSR count). The molecule has 1 heterocycles. The predicted octanol–water partition coefficient (Wildman–Crippen LogP) is 2.12. The van der Waals surface area contributed by atoms with Crippen LogP contribution in [0.4, 0.5) is 11.4 Å². The molecule has 1 aromatic rings. The topological polar surface area (TPSA) is 44.4 Å². The summed E-state index contributed by atoms with van der Waals surface area (Å²) in [6.07, 6.45) is 1.61. The molecule has 0 saturated carbocycles. The summed E-state index contributed by atoms with van der Waals surface area (Å²) in [5.41, 5.74) is 1.88. The first-order valence-electron chi connectivity index (χ1n) is 6.16. The normalized spacial score (nSPS) is 14.7. The molecule has 0 aromatic heterocycles. The molecule has 4 nitrogen and oxygen atoms in total. The zero-order valence-corrected chi connectivity index (χ0v) is 11.2. The Labute approximate surface area is 112 Å². The molecule has 1 saturated heterocycles. The molecule has 1 aliphatic heterocycles. The average Bonchev–Trinajstić information content (AvgIpc) is 2.77. The van der Waals surface area contributed by atoms with E-state index in [0.717, 1.165) is 30.9 Å². The number of hydrogen-bond donors (Lipinski definition) is 2. The molecule has 1 aromatic carbocycles. The van der Waals surface area contributed by atoms with Crippen molar-refractivity contribution in [1.29, 1.82) is 0 Å². The highest BCUT2D eigenvalue weighted by molar-refractivity contribution is 7.80. The van der Waals surface area contributed by atoms with Crippen molar-refractivity contribution in [3.05, 3.63) is 24.3 Å². The fourth-order valence-corrected chi connectivity index (χ4v) is 2.24. The summed E-state index contributed by atoms with van der Waals surface area (Å²) in [5, 5.41) is 6.73. The molecule has 1 amide bonds. The first-order valence-corrected chi connectivity index (χ1v) is 6.57. The molecule has 0 unspecified atom stereocenters. The Morgan fingerprint density at radius 3 is 2.67 bits per heavy atom. The number of nitrogens with one attached hydrogen (secondary N) is 2. The SMILES string of the molecule is CCNC(=S)Nc1ccc(N2CCCC2=O)cc1. The molecule has 1 fully saturated rings. The lowest BCUT2D eigenvalue weighted by atomic mass is 10.2. The Morgan fingerprint density at radius 2 is 2.11 bits per heavy atom. The van der Waals surface area contributed by atoms with Gasteiger partial charge in [-0.05, 0) is 49.8 Å². The molecule has 5 heteroatoms. The van der Waals surface area contributed by atoms with E-state index >= 15 is 0 Å². The Morgan fingerprint density at radius 1 is 1.39 bits per heavy atom. The van der Waals surface area contributed by atoms with Crippen LogP contribution in [0, 0.1) is 0 Å². The summed E-state index contributed by atoms with van der Waals surface area (Å²) in [6, 6.07) is 7.76. The zero-order chi connectivity index (χ0) is 13.0. The summed E-state index contributed by atoms with van der Waals surface area (Å²) in [4.78, 5) is 13.4. The number of benzene rings is 1. The van der Waals surface area contributed by atoms with E-state index in [1.54, 1.807) is 0 Å². The largest absolute Gasteiger partial charge is 0.363 e. The van der Waals surface area contributed by atoms with Crippen molar-refractivity contribution in [3.8, 4) is 0 Å². The Hall–Kier alpha value is -1.62. The van der Waals surface area contributed by atoms with Gasteiger partial charge in [-0.15, -0.1) is 0 Å². The summed E-state index contributed by atoms with van der Waals surface area (Å²) in [6.45, 7) is 3.61. The molecule has 2 N–H and O–H groups in total. The maximum absolute atomic E-state index is 11.6. The van der Waals surface area contributed by atoms with E-state index in [-0.39, 0.29) is 5.91 Å². The Bertz CT molecular complexity index is 444. The summed E-state index contributed by atoms with van der Waals surface area (Å²) >= 11 is 5.11. The van der Waals surface area contributed by atoms with Gasteiger partial charge in [-0.3, -0.25) is 4.79 Å². The van der Waals surface area contributed by atoms with Crippen LogP contribution < -0.4 is 15.5 Å². The quantitative estimate of drug-likeness (QED) is 0.820. The van der Waals surface area contributed by atoms with Crippen LogP contribution in [-0.2, 0) is 4.79 Å². The number of hydrogen-bond acceptors (Lipinski definition) is 2. The van der Waals surface area contributed by atoms with Crippen molar-refractivity contribution in [3.63, 3.8) is 0 Å². The van der Waals surface area contributed by atoms with Crippen LogP contribution in [0.3, 0.4) is 0 Å². The van der Waals surface area contributed by atoms with Crippen LogP contribution in [0.15, 0.2) is 24.3 Å². The molecule has 0 spiro atoms. The van der Waals surface area contributed by atoms with Crippen LogP contribution in [0.2, 0.25) is 0 Å². The third-order valence-corrected chi connectivity index (χ3v) is 3.09. The summed E-state index contributed by atoms with van der Waals surface area (Å²) < 4.78 is 0. The molecular formula is C13H17N3OS. The summed E-state index contributed by atoms with van der Waals surface area (Å²) in [5.74, 6) is 0.207. The van der Waals surface area contributed by atoms with E-state index in [0.29, 0.717) is 11.5 Å². The lowest BCUT2D eigenvalue weighted by molar-refractivity contribution is -0.117. The monoisotopic (exact) mass is 263 g/mol. The third-order valence-electron chi connectivity index (χ3n) is 2.85. The minimum atomic E-state index is 0.207. The first kappa shape index (κ1) is 12.8. The number of nitrogens with zero attached hydrogens (tertiary/aromatic N) is 1. The van der Waals surface area contributed by atoms with Crippen molar-refractivity contribution in [2.24, 2.45) is 0 Å². The Kier molecular flexibility index (Phi) is 4.15. The first-order chi connectivity index (χ1) is 8.70. The van der Waals surface area contributed by atoms with Gasteiger partial charge in [-0.1, -0.05) is 0 Å².